The molecule has 0 amide bonds. The summed E-state index contributed by atoms with van der Waals surface area (Å²) >= 11 is 8.50. The molecule has 0 bridgehead atoms. The Kier molecular flexibility index (Phi) is 3.78. The average Bonchev–Trinajstić information content (AvgIpc) is 2.10. The van der Waals surface area contributed by atoms with Crippen molar-refractivity contribution in [3.8, 4) is 6.07 Å². The molecule has 1 aromatic rings. The molecule has 0 unspecified atom stereocenters. The highest BCUT2D eigenvalue weighted by Crippen LogP contribution is 2.34. The number of nitriles is 1. The second-order valence-electron chi connectivity index (χ2n) is 2.42. The molecule has 0 aliphatic carbocycles. The molecule has 0 aliphatic heterocycles. The molecule has 14 heavy (non-hydrogen) atoms. The van der Waals surface area contributed by atoms with Gasteiger partial charge in [0.25, 0.3) is 6.43 Å². The standard InChI is InChI=1S/C8H4BrClF2N2/c9-7-5(1-2-13)14-3-4(10)6(7)8(11)12/h3,8H,1H2. The number of hydrogen-bond donors (Lipinski definition) is 0. The van der Waals surface area contributed by atoms with Crippen molar-refractivity contribution in [1.29, 1.82) is 5.26 Å². The van der Waals surface area contributed by atoms with Crippen LogP contribution in [0.2, 0.25) is 5.02 Å². The molecule has 0 fully saturated rings. The van der Waals surface area contributed by atoms with Gasteiger partial charge in [-0.2, -0.15) is 5.26 Å². The highest BCUT2D eigenvalue weighted by atomic mass is 79.9. The second-order valence-corrected chi connectivity index (χ2v) is 3.62. The molecule has 0 aliphatic rings. The van der Waals surface area contributed by atoms with Crippen LogP contribution in [0.5, 0.6) is 0 Å². The molecule has 0 radical (unpaired) electrons. The van der Waals surface area contributed by atoms with Gasteiger partial charge in [-0.15, -0.1) is 0 Å². The molecule has 74 valence electrons. The molecule has 0 atom stereocenters. The summed E-state index contributed by atoms with van der Waals surface area (Å²) in [5.74, 6) is 0. The SMILES string of the molecule is N#CCc1ncc(Cl)c(C(F)F)c1Br. The van der Waals surface area contributed by atoms with Gasteiger partial charge in [-0.3, -0.25) is 4.98 Å². The third-order valence-electron chi connectivity index (χ3n) is 1.55. The van der Waals surface area contributed by atoms with Crippen molar-refractivity contribution >= 4 is 27.5 Å². The number of halogens is 4. The zero-order valence-corrected chi connectivity index (χ0v) is 9.11. The van der Waals surface area contributed by atoms with Crippen molar-refractivity contribution in [2.24, 2.45) is 0 Å². The Hall–Kier alpha value is -0.730. The predicted octanol–water partition coefficient (Wildman–Crippen LogP) is 3.50. The van der Waals surface area contributed by atoms with E-state index < -0.39 is 6.43 Å². The van der Waals surface area contributed by atoms with Crippen LogP contribution in [0.15, 0.2) is 10.7 Å². The van der Waals surface area contributed by atoms with Gasteiger partial charge >= 0.3 is 0 Å². The summed E-state index contributed by atoms with van der Waals surface area (Å²) < 4.78 is 25.1. The quantitative estimate of drug-likeness (QED) is 0.832. The van der Waals surface area contributed by atoms with Crippen LogP contribution in [-0.2, 0) is 6.42 Å². The zero-order valence-electron chi connectivity index (χ0n) is 6.77. The Labute approximate surface area is 92.6 Å². The largest absolute Gasteiger partial charge is 0.266 e. The third kappa shape index (κ3) is 2.20. The maximum atomic E-state index is 12.5. The zero-order chi connectivity index (χ0) is 10.7. The van der Waals surface area contributed by atoms with Gasteiger partial charge < -0.3 is 0 Å². The van der Waals surface area contributed by atoms with Gasteiger partial charge in [0.05, 0.1) is 33.2 Å². The van der Waals surface area contributed by atoms with E-state index in [-0.39, 0.29) is 27.2 Å². The number of hydrogen-bond acceptors (Lipinski definition) is 2. The van der Waals surface area contributed by atoms with Gasteiger partial charge in [0.2, 0.25) is 0 Å². The fourth-order valence-corrected chi connectivity index (χ4v) is 1.89. The molecule has 2 nitrogen and oxygen atoms in total. The number of aromatic nitrogens is 1. The molecule has 0 N–H and O–H groups in total. The van der Waals surface area contributed by atoms with Gasteiger partial charge in [-0.25, -0.2) is 8.78 Å². The summed E-state index contributed by atoms with van der Waals surface area (Å²) in [6.45, 7) is 0. The van der Waals surface area contributed by atoms with Crippen LogP contribution in [0.1, 0.15) is 17.7 Å². The van der Waals surface area contributed by atoms with Gasteiger partial charge in [-0.1, -0.05) is 11.6 Å². The van der Waals surface area contributed by atoms with E-state index in [1.54, 1.807) is 0 Å². The summed E-state index contributed by atoms with van der Waals surface area (Å²) in [7, 11) is 0. The van der Waals surface area contributed by atoms with E-state index in [9.17, 15) is 8.78 Å². The normalized spacial score (nSPS) is 10.3. The second kappa shape index (κ2) is 4.67. The number of nitrogens with zero attached hydrogens (tertiary/aromatic N) is 2. The minimum Gasteiger partial charge on any atom is -0.257 e. The van der Waals surface area contributed by atoms with Crippen molar-refractivity contribution in [3.63, 3.8) is 0 Å². The van der Waals surface area contributed by atoms with Crippen LogP contribution < -0.4 is 0 Å². The summed E-state index contributed by atoms with van der Waals surface area (Å²) in [4.78, 5) is 3.78. The smallest absolute Gasteiger partial charge is 0.257 e. The van der Waals surface area contributed by atoms with Crippen LogP contribution >= 0.6 is 27.5 Å². The first kappa shape index (κ1) is 11.3. The predicted molar refractivity (Wildman–Crippen MR) is 51.2 cm³/mol. The van der Waals surface area contributed by atoms with Crippen LogP contribution in [0, 0.1) is 11.3 Å². The Morgan fingerprint density at radius 1 is 1.64 bits per heavy atom. The van der Waals surface area contributed by atoms with Crippen LogP contribution in [0.4, 0.5) is 8.78 Å². The van der Waals surface area contributed by atoms with E-state index in [1.807, 2.05) is 6.07 Å². The summed E-state index contributed by atoms with van der Waals surface area (Å²) in [6, 6.07) is 1.83. The Balaban J connectivity index is 3.28. The first-order valence-electron chi connectivity index (χ1n) is 3.55. The van der Waals surface area contributed by atoms with E-state index >= 15 is 0 Å². The monoisotopic (exact) mass is 280 g/mol. The third-order valence-corrected chi connectivity index (χ3v) is 2.73. The fourth-order valence-electron chi connectivity index (χ4n) is 0.919. The first-order valence-corrected chi connectivity index (χ1v) is 4.73. The highest BCUT2D eigenvalue weighted by molar-refractivity contribution is 9.10. The lowest BCUT2D eigenvalue weighted by molar-refractivity contribution is 0.150. The van der Waals surface area contributed by atoms with Crippen molar-refractivity contribution in [1.82, 2.24) is 4.98 Å². The molecule has 0 spiro atoms. The minimum absolute atomic E-state index is 0.0303. The minimum atomic E-state index is -2.68. The van der Waals surface area contributed by atoms with E-state index in [1.165, 1.54) is 0 Å². The van der Waals surface area contributed by atoms with Crippen molar-refractivity contribution < 1.29 is 8.78 Å². The Morgan fingerprint density at radius 3 is 2.79 bits per heavy atom. The van der Waals surface area contributed by atoms with Crippen LogP contribution in [0.3, 0.4) is 0 Å². The molecular formula is C8H4BrClF2N2. The van der Waals surface area contributed by atoms with E-state index in [4.69, 9.17) is 16.9 Å². The van der Waals surface area contributed by atoms with E-state index in [0.29, 0.717) is 0 Å². The van der Waals surface area contributed by atoms with E-state index in [2.05, 4.69) is 20.9 Å². The van der Waals surface area contributed by atoms with Gasteiger partial charge in [0.15, 0.2) is 0 Å². The molecule has 1 rings (SSSR count). The lowest BCUT2D eigenvalue weighted by Gasteiger charge is -2.07. The summed E-state index contributed by atoms with van der Waals surface area (Å²) in [6.07, 6.45) is -1.59. The molecular weight excluding hydrogens is 277 g/mol. The first-order chi connectivity index (χ1) is 6.57. The lowest BCUT2D eigenvalue weighted by Crippen LogP contribution is -1.97. The number of alkyl halides is 2. The lowest BCUT2D eigenvalue weighted by atomic mass is 10.2. The molecule has 6 heteroatoms. The van der Waals surface area contributed by atoms with E-state index in [0.717, 1.165) is 6.20 Å². The fraction of sp³-hybridized carbons (Fsp3) is 0.250. The van der Waals surface area contributed by atoms with Crippen molar-refractivity contribution in [2.75, 3.05) is 0 Å². The molecule has 1 heterocycles. The topological polar surface area (TPSA) is 36.7 Å². The molecule has 0 saturated carbocycles. The van der Waals surface area contributed by atoms with Gasteiger partial charge in [0, 0.05) is 6.20 Å². The maximum absolute atomic E-state index is 12.5. The van der Waals surface area contributed by atoms with Crippen LogP contribution in [-0.4, -0.2) is 4.98 Å². The number of pyridine rings is 1. The maximum Gasteiger partial charge on any atom is 0.266 e. The number of rotatable bonds is 2. The Morgan fingerprint density at radius 2 is 2.29 bits per heavy atom. The van der Waals surface area contributed by atoms with Crippen molar-refractivity contribution in [2.45, 2.75) is 12.8 Å². The van der Waals surface area contributed by atoms with Gasteiger partial charge in [-0.05, 0) is 15.9 Å². The highest BCUT2D eigenvalue weighted by Gasteiger charge is 2.19. The van der Waals surface area contributed by atoms with Crippen molar-refractivity contribution in [3.05, 3.63) is 26.9 Å². The average molecular weight is 281 g/mol. The Bertz CT molecular complexity index is 390. The molecule has 1 aromatic heterocycles. The summed E-state index contributed by atoms with van der Waals surface area (Å²) in [5.41, 5.74) is -0.0425. The summed E-state index contributed by atoms with van der Waals surface area (Å²) in [5, 5.41) is 8.31. The molecule has 0 saturated heterocycles. The van der Waals surface area contributed by atoms with Crippen LogP contribution in [0.25, 0.3) is 0 Å². The molecule has 0 aromatic carbocycles. The van der Waals surface area contributed by atoms with Gasteiger partial charge in [0.1, 0.15) is 0 Å².